The number of hydrazone groups is 1. The number of rotatable bonds is 8. The van der Waals surface area contributed by atoms with Crippen molar-refractivity contribution in [3.63, 3.8) is 0 Å². The lowest BCUT2D eigenvalue weighted by atomic mass is 9.98. The molecule has 2 aliphatic carbocycles. The Morgan fingerprint density at radius 1 is 1.17 bits per heavy atom. The molecule has 30 heavy (non-hydrogen) atoms. The monoisotopic (exact) mass is 416 g/mol. The number of aromatic nitrogens is 1. The van der Waals surface area contributed by atoms with Crippen LogP contribution >= 0.6 is 0 Å². The normalized spacial score (nSPS) is 18.7. The van der Waals surface area contributed by atoms with Crippen molar-refractivity contribution in [2.45, 2.75) is 64.4 Å². The van der Waals surface area contributed by atoms with Crippen molar-refractivity contribution in [2.24, 2.45) is 34.3 Å². The SMILES string of the molecule is Cc1nc(/C(N)=C(\CN(N)/C(CC2CC2)=N\N)N(C)N)ccc1OC1CCCCC1. The van der Waals surface area contributed by atoms with Gasteiger partial charge in [-0.2, -0.15) is 5.10 Å². The van der Waals surface area contributed by atoms with Crippen LogP contribution in [0.1, 0.15) is 62.8 Å². The van der Waals surface area contributed by atoms with E-state index in [0.717, 1.165) is 30.7 Å². The first-order chi connectivity index (χ1) is 14.4. The summed E-state index contributed by atoms with van der Waals surface area (Å²) in [6.45, 7) is 2.22. The summed E-state index contributed by atoms with van der Waals surface area (Å²) in [4.78, 5) is 4.67. The summed E-state index contributed by atoms with van der Waals surface area (Å²) in [7, 11) is 1.73. The number of hydrogen-bond acceptors (Lipinski definition) is 8. The molecule has 2 saturated carbocycles. The van der Waals surface area contributed by atoms with Crippen LogP contribution in [0, 0.1) is 12.8 Å². The van der Waals surface area contributed by atoms with Gasteiger partial charge in [0.25, 0.3) is 0 Å². The fourth-order valence-electron chi connectivity index (χ4n) is 3.80. The predicted octanol–water partition coefficient (Wildman–Crippen LogP) is 1.78. The average Bonchev–Trinajstić information content (AvgIpc) is 3.55. The number of nitrogens with two attached hydrogens (primary N) is 4. The lowest BCUT2D eigenvalue weighted by Crippen LogP contribution is -2.44. The van der Waals surface area contributed by atoms with Gasteiger partial charge in [-0.3, -0.25) is 5.01 Å². The minimum absolute atomic E-state index is 0.273. The van der Waals surface area contributed by atoms with Crippen molar-refractivity contribution < 1.29 is 4.74 Å². The van der Waals surface area contributed by atoms with Gasteiger partial charge in [0.15, 0.2) is 0 Å². The highest BCUT2D eigenvalue weighted by Crippen LogP contribution is 2.33. The maximum absolute atomic E-state index is 6.45. The fourth-order valence-corrected chi connectivity index (χ4v) is 3.80. The molecule has 0 aliphatic heterocycles. The zero-order valence-corrected chi connectivity index (χ0v) is 18.2. The van der Waals surface area contributed by atoms with Crippen molar-refractivity contribution in [3.8, 4) is 5.75 Å². The highest BCUT2D eigenvalue weighted by atomic mass is 16.5. The van der Waals surface area contributed by atoms with E-state index in [1.54, 1.807) is 7.05 Å². The summed E-state index contributed by atoms with van der Waals surface area (Å²) in [5.41, 5.74) is 9.00. The highest BCUT2D eigenvalue weighted by molar-refractivity contribution is 5.82. The minimum atomic E-state index is 0.273. The van der Waals surface area contributed by atoms with E-state index in [1.807, 2.05) is 19.1 Å². The smallest absolute Gasteiger partial charge is 0.140 e. The first kappa shape index (κ1) is 22.2. The standard InChI is InChI=1S/C21H36N8O/c1-14-19(30-16-6-4-3-5-7-16)11-10-17(26-14)21(22)18(28(2)24)13-29(25)20(27-23)12-15-8-9-15/h10-11,15-16H,3-9,12-13,22-25H2,1-2H3/b21-18-,27-20-. The van der Waals surface area contributed by atoms with E-state index in [0.29, 0.717) is 28.8 Å². The number of likely N-dealkylation sites (N-methyl/N-ethyl adjacent to an activating group) is 1. The van der Waals surface area contributed by atoms with Crippen molar-refractivity contribution in [1.82, 2.24) is 15.0 Å². The van der Waals surface area contributed by atoms with Crippen molar-refractivity contribution in [2.75, 3.05) is 13.6 Å². The quantitative estimate of drug-likeness (QED) is 0.217. The second kappa shape index (κ2) is 9.99. The van der Waals surface area contributed by atoms with Gasteiger partial charge in [0, 0.05) is 13.5 Å². The Morgan fingerprint density at radius 2 is 1.87 bits per heavy atom. The second-order valence-corrected chi connectivity index (χ2v) is 8.45. The fraction of sp³-hybridized carbons (Fsp3) is 0.619. The maximum Gasteiger partial charge on any atom is 0.140 e. The van der Waals surface area contributed by atoms with Crippen LogP contribution in [0.2, 0.25) is 0 Å². The van der Waals surface area contributed by atoms with E-state index >= 15 is 0 Å². The molecule has 9 heteroatoms. The number of ether oxygens (including phenoxy) is 1. The molecule has 0 unspecified atom stereocenters. The van der Waals surface area contributed by atoms with E-state index in [-0.39, 0.29) is 12.6 Å². The molecule has 2 aliphatic rings. The first-order valence-electron chi connectivity index (χ1n) is 10.8. The Labute approximate surface area is 179 Å². The van der Waals surface area contributed by atoms with Gasteiger partial charge in [0.2, 0.25) is 0 Å². The summed E-state index contributed by atoms with van der Waals surface area (Å²) in [6.07, 6.45) is 9.35. The molecule has 8 N–H and O–H groups in total. The number of pyridine rings is 1. The van der Waals surface area contributed by atoms with Crippen LogP contribution in [0.25, 0.3) is 5.70 Å². The Morgan fingerprint density at radius 3 is 2.43 bits per heavy atom. The molecule has 0 bridgehead atoms. The molecule has 0 atom stereocenters. The Hall–Kier alpha value is -2.52. The molecule has 9 nitrogen and oxygen atoms in total. The molecule has 1 aromatic heterocycles. The summed E-state index contributed by atoms with van der Waals surface area (Å²) < 4.78 is 6.17. The van der Waals surface area contributed by atoms with Crippen molar-refractivity contribution in [1.29, 1.82) is 0 Å². The summed E-state index contributed by atoms with van der Waals surface area (Å²) in [6, 6.07) is 3.81. The van der Waals surface area contributed by atoms with Crippen LogP contribution in [0.15, 0.2) is 22.9 Å². The minimum Gasteiger partial charge on any atom is -0.489 e. The topological polar surface area (TPSA) is 145 Å². The van der Waals surface area contributed by atoms with Crippen LogP contribution < -0.4 is 28.0 Å². The van der Waals surface area contributed by atoms with Gasteiger partial charge in [-0.1, -0.05) is 6.42 Å². The Kier molecular flexibility index (Phi) is 7.38. The van der Waals surface area contributed by atoms with Gasteiger partial charge in [-0.05, 0) is 63.5 Å². The zero-order chi connectivity index (χ0) is 21.7. The molecule has 0 radical (unpaired) electrons. The average molecular weight is 417 g/mol. The summed E-state index contributed by atoms with van der Waals surface area (Å²) in [5, 5.41) is 6.83. The maximum atomic E-state index is 6.45. The van der Waals surface area contributed by atoms with Gasteiger partial charge in [0.05, 0.1) is 35.4 Å². The van der Waals surface area contributed by atoms with Gasteiger partial charge in [-0.15, -0.1) is 0 Å². The van der Waals surface area contributed by atoms with Crippen LogP contribution in [0.3, 0.4) is 0 Å². The van der Waals surface area contributed by atoms with Gasteiger partial charge in [-0.25, -0.2) is 16.7 Å². The molecule has 3 rings (SSSR count). The largest absolute Gasteiger partial charge is 0.489 e. The Bertz CT molecular complexity index is 781. The summed E-state index contributed by atoms with van der Waals surface area (Å²) >= 11 is 0. The van der Waals surface area contributed by atoms with E-state index in [2.05, 4.69) is 10.1 Å². The molecular formula is C21H36N8O. The number of nitrogens with zero attached hydrogens (tertiary/aromatic N) is 4. The first-order valence-corrected chi connectivity index (χ1v) is 10.8. The molecule has 0 spiro atoms. The van der Waals surface area contributed by atoms with E-state index in [1.165, 1.54) is 42.1 Å². The van der Waals surface area contributed by atoms with Gasteiger partial charge < -0.3 is 21.3 Å². The summed E-state index contributed by atoms with van der Waals surface area (Å²) in [5.74, 6) is 19.9. The Balaban J connectivity index is 1.75. The number of hydrogen-bond donors (Lipinski definition) is 4. The number of aryl methyl sites for hydroxylation is 1. The second-order valence-electron chi connectivity index (χ2n) is 8.45. The van der Waals surface area contributed by atoms with Crippen LogP contribution in [-0.2, 0) is 0 Å². The molecule has 0 aromatic carbocycles. The predicted molar refractivity (Wildman–Crippen MR) is 119 cm³/mol. The number of amidine groups is 1. The van der Waals surface area contributed by atoms with Gasteiger partial charge >= 0.3 is 0 Å². The third kappa shape index (κ3) is 5.76. The molecular weight excluding hydrogens is 380 g/mol. The highest BCUT2D eigenvalue weighted by Gasteiger charge is 2.26. The molecule has 0 saturated heterocycles. The van der Waals surface area contributed by atoms with E-state index < -0.39 is 0 Å². The van der Waals surface area contributed by atoms with Crippen LogP contribution in [0.4, 0.5) is 0 Å². The molecule has 1 aromatic rings. The lowest BCUT2D eigenvalue weighted by molar-refractivity contribution is 0.153. The van der Waals surface area contributed by atoms with Gasteiger partial charge in [0.1, 0.15) is 11.6 Å². The third-order valence-corrected chi connectivity index (χ3v) is 5.86. The zero-order valence-electron chi connectivity index (χ0n) is 18.2. The number of hydrazine groups is 2. The van der Waals surface area contributed by atoms with Crippen molar-refractivity contribution in [3.05, 3.63) is 29.2 Å². The van der Waals surface area contributed by atoms with Crippen molar-refractivity contribution >= 4 is 11.5 Å². The van der Waals surface area contributed by atoms with Crippen LogP contribution in [-0.4, -0.2) is 40.5 Å². The molecule has 166 valence electrons. The lowest BCUT2D eigenvalue weighted by Gasteiger charge is -2.27. The molecule has 0 amide bonds. The molecule has 2 fully saturated rings. The van der Waals surface area contributed by atoms with E-state index in [9.17, 15) is 0 Å². The molecule has 1 heterocycles. The van der Waals surface area contributed by atoms with E-state index in [4.69, 9.17) is 28.0 Å². The third-order valence-electron chi connectivity index (χ3n) is 5.86. The van der Waals surface area contributed by atoms with Crippen LogP contribution in [0.5, 0.6) is 5.75 Å².